The van der Waals surface area contributed by atoms with E-state index < -0.39 is 0 Å². The van der Waals surface area contributed by atoms with Crippen LogP contribution in [0.1, 0.15) is 46.8 Å². The smallest absolute Gasteiger partial charge is 0.255 e. The van der Waals surface area contributed by atoms with E-state index in [9.17, 15) is 4.79 Å². The maximum Gasteiger partial charge on any atom is 0.255 e. The fraction of sp³-hybridized carbons (Fsp3) is 0.409. The first-order chi connectivity index (χ1) is 12.0. The molecule has 0 aromatic heterocycles. The van der Waals surface area contributed by atoms with Crippen LogP contribution in [-0.4, -0.2) is 23.9 Å². The number of amides is 1. The normalized spacial score (nSPS) is 18.1. The summed E-state index contributed by atoms with van der Waals surface area (Å²) in [6.07, 6.45) is 2.63. The minimum atomic E-state index is -0.0526. The van der Waals surface area contributed by atoms with Crippen molar-refractivity contribution in [2.75, 3.05) is 18.4 Å². The van der Waals surface area contributed by atoms with E-state index in [2.05, 4.69) is 35.3 Å². The summed E-state index contributed by atoms with van der Waals surface area (Å²) in [5.74, 6) is 0.736. The van der Waals surface area contributed by atoms with Crippen molar-refractivity contribution in [1.82, 2.24) is 4.90 Å². The first kappa shape index (κ1) is 17.7. The molecule has 1 N–H and O–H groups in total. The number of carbonyl (C=O) groups is 1. The molecule has 1 aliphatic rings. The van der Waals surface area contributed by atoms with Gasteiger partial charge in [0.25, 0.3) is 5.91 Å². The highest BCUT2D eigenvalue weighted by Crippen LogP contribution is 2.19. The van der Waals surface area contributed by atoms with Crippen LogP contribution in [0.2, 0.25) is 0 Å². The van der Waals surface area contributed by atoms with Crippen LogP contribution in [0.4, 0.5) is 5.69 Å². The second kappa shape index (κ2) is 7.83. The van der Waals surface area contributed by atoms with Gasteiger partial charge in [-0.2, -0.15) is 0 Å². The van der Waals surface area contributed by atoms with Gasteiger partial charge in [-0.1, -0.05) is 25.1 Å². The number of hydrogen-bond acceptors (Lipinski definition) is 2. The van der Waals surface area contributed by atoms with Gasteiger partial charge in [0.2, 0.25) is 0 Å². The van der Waals surface area contributed by atoms with Crippen molar-refractivity contribution in [3.8, 4) is 0 Å². The highest BCUT2D eigenvalue weighted by atomic mass is 16.1. The van der Waals surface area contributed by atoms with E-state index in [1.165, 1.54) is 31.5 Å². The lowest BCUT2D eigenvalue weighted by atomic mass is 9.99. The van der Waals surface area contributed by atoms with E-state index in [0.717, 1.165) is 29.3 Å². The molecule has 3 nitrogen and oxygen atoms in total. The number of rotatable bonds is 4. The van der Waals surface area contributed by atoms with Crippen molar-refractivity contribution in [1.29, 1.82) is 0 Å². The van der Waals surface area contributed by atoms with Crippen molar-refractivity contribution >= 4 is 11.6 Å². The molecule has 1 saturated heterocycles. The molecule has 1 aliphatic heterocycles. The van der Waals surface area contributed by atoms with E-state index in [-0.39, 0.29) is 5.91 Å². The van der Waals surface area contributed by atoms with Gasteiger partial charge in [0.15, 0.2) is 0 Å². The van der Waals surface area contributed by atoms with Crippen LogP contribution >= 0.6 is 0 Å². The zero-order valence-corrected chi connectivity index (χ0v) is 15.5. The minimum absolute atomic E-state index is 0.0526. The van der Waals surface area contributed by atoms with Crippen molar-refractivity contribution in [2.45, 2.75) is 40.2 Å². The fourth-order valence-corrected chi connectivity index (χ4v) is 3.70. The summed E-state index contributed by atoms with van der Waals surface area (Å²) < 4.78 is 0. The van der Waals surface area contributed by atoms with Gasteiger partial charge in [0.05, 0.1) is 0 Å². The Bertz CT molecular complexity index is 716. The summed E-state index contributed by atoms with van der Waals surface area (Å²) in [4.78, 5) is 15.0. The maximum atomic E-state index is 12.5. The highest BCUT2D eigenvalue weighted by Gasteiger charge is 2.16. The molecule has 0 radical (unpaired) electrons. The SMILES string of the molecule is Cc1cc(C)cc(NC(=O)c2ccc(CN3CCC[C@H](C)C3)cc2)c1. The van der Waals surface area contributed by atoms with Crippen LogP contribution in [0.15, 0.2) is 42.5 Å². The number of nitrogens with one attached hydrogen (secondary N) is 1. The third-order valence-corrected chi connectivity index (χ3v) is 4.84. The third kappa shape index (κ3) is 4.93. The van der Waals surface area contributed by atoms with Gasteiger partial charge < -0.3 is 5.32 Å². The molecule has 2 aromatic rings. The molecule has 0 saturated carbocycles. The molecule has 3 heteroatoms. The molecule has 1 amide bonds. The third-order valence-electron chi connectivity index (χ3n) is 4.84. The second-order valence-corrected chi connectivity index (χ2v) is 7.51. The van der Waals surface area contributed by atoms with Crippen molar-refractivity contribution in [3.05, 3.63) is 64.7 Å². The van der Waals surface area contributed by atoms with E-state index in [1.54, 1.807) is 0 Å². The summed E-state index contributed by atoms with van der Waals surface area (Å²) in [5, 5.41) is 3.00. The van der Waals surface area contributed by atoms with E-state index in [4.69, 9.17) is 0 Å². The molecule has 25 heavy (non-hydrogen) atoms. The Hall–Kier alpha value is -2.13. The van der Waals surface area contributed by atoms with E-state index >= 15 is 0 Å². The summed E-state index contributed by atoms with van der Waals surface area (Å²) in [5.41, 5.74) is 5.14. The largest absolute Gasteiger partial charge is 0.322 e. The monoisotopic (exact) mass is 336 g/mol. The Labute approximate surface area is 151 Å². The standard InChI is InChI=1S/C22H28N2O/c1-16-5-4-10-24(14-16)15-19-6-8-20(9-7-19)22(25)23-21-12-17(2)11-18(3)13-21/h6-9,11-13,16H,4-5,10,14-15H2,1-3H3,(H,23,25)/t16-/m0/s1. The van der Waals surface area contributed by atoms with Gasteiger partial charge in [-0.3, -0.25) is 9.69 Å². The Kier molecular flexibility index (Phi) is 5.54. The number of likely N-dealkylation sites (tertiary alicyclic amines) is 1. The van der Waals surface area contributed by atoms with Gasteiger partial charge in [0.1, 0.15) is 0 Å². The zero-order chi connectivity index (χ0) is 17.8. The molecule has 1 fully saturated rings. The van der Waals surface area contributed by atoms with Gasteiger partial charge in [-0.15, -0.1) is 0 Å². The number of piperidine rings is 1. The van der Waals surface area contributed by atoms with Crippen molar-refractivity contribution < 1.29 is 4.79 Å². The van der Waals surface area contributed by atoms with Crippen molar-refractivity contribution in [2.24, 2.45) is 5.92 Å². The lowest BCUT2D eigenvalue weighted by Crippen LogP contribution is -2.33. The molecule has 0 aliphatic carbocycles. The summed E-state index contributed by atoms with van der Waals surface area (Å²) in [6.45, 7) is 9.74. The topological polar surface area (TPSA) is 32.3 Å². The first-order valence-corrected chi connectivity index (χ1v) is 9.20. The van der Waals surface area contributed by atoms with Gasteiger partial charge in [0, 0.05) is 24.3 Å². The van der Waals surface area contributed by atoms with Crippen LogP contribution in [0.25, 0.3) is 0 Å². The second-order valence-electron chi connectivity index (χ2n) is 7.51. The van der Waals surface area contributed by atoms with E-state index in [1.807, 2.05) is 38.1 Å². The molecule has 3 rings (SSSR count). The number of benzene rings is 2. The number of aryl methyl sites for hydroxylation is 2. The Morgan fingerprint density at radius 2 is 1.80 bits per heavy atom. The van der Waals surface area contributed by atoms with E-state index in [0.29, 0.717) is 5.56 Å². The molecule has 0 bridgehead atoms. The van der Waals surface area contributed by atoms with Crippen LogP contribution in [0.3, 0.4) is 0 Å². The van der Waals surface area contributed by atoms with Gasteiger partial charge in [-0.05, 0) is 80.1 Å². The average Bonchev–Trinajstić information content (AvgIpc) is 2.54. The molecule has 132 valence electrons. The molecular formula is C22H28N2O. The number of carbonyl (C=O) groups excluding carboxylic acids is 1. The van der Waals surface area contributed by atoms with Crippen LogP contribution < -0.4 is 5.32 Å². The van der Waals surface area contributed by atoms with Crippen LogP contribution in [0, 0.1) is 19.8 Å². The number of anilines is 1. The Morgan fingerprint density at radius 1 is 1.12 bits per heavy atom. The molecule has 1 heterocycles. The first-order valence-electron chi connectivity index (χ1n) is 9.20. The molecule has 0 spiro atoms. The highest BCUT2D eigenvalue weighted by molar-refractivity contribution is 6.04. The lowest BCUT2D eigenvalue weighted by molar-refractivity contribution is 0.102. The molecule has 2 aromatic carbocycles. The van der Waals surface area contributed by atoms with Crippen LogP contribution in [0.5, 0.6) is 0 Å². The molecule has 0 unspecified atom stereocenters. The Morgan fingerprint density at radius 3 is 2.44 bits per heavy atom. The average molecular weight is 336 g/mol. The van der Waals surface area contributed by atoms with Crippen LogP contribution in [-0.2, 0) is 6.54 Å². The summed E-state index contributed by atoms with van der Waals surface area (Å²) >= 11 is 0. The summed E-state index contributed by atoms with van der Waals surface area (Å²) in [7, 11) is 0. The minimum Gasteiger partial charge on any atom is -0.322 e. The number of hydrogen-bond donors (Lipinski definition) is 1. The lowest BCUT2D eigenvalue weighted by Gasteiger charge is -2.30. The Balaban J connectivity index is 1.62. The zero-order valence-electron chi connectivity index (χ0n) is 15.5. The number of nitrogens with zero attached hydrogens (tertiary/aromatic N) is 1. The predicted molar refractivity (Wildman–Crippen MR) is 104 cm³/mol. The summed E-state index contributed by atoms with van der Waals surface area (Å²) in [6, 6.07) is 14.1. The van der Waals surface area contributed by atoms with Gasteiger partial charge in [-0.25, -0.2) is 0 Å². The van der Waals surface area contributed by atoms with Gasteiger partial charge >= 0.3 is 0 Å². The quantitative estimate of drug-likeness (QED) is 0.871. The molecular weight excluding hydrogens is 308 g/mol. The van der Waals surface area contributed by atoms with Crippen molar-refractivity contribution in [3.63, 3.8) is 0 Å². The predicted octanol–water partition coefficient (Wildman–Crippen LogP) is 4.79. The maximum absolute atomic E-state index is 12.5. The molecule has 1 atom stereocenters. The fourth-order valence-electron chi connectivity index (χ4n) is 3.70.